The van der Waals surface area contributed by atoms with Crippen molar-refractivity contribution < 1.29 is 53.1 Å². The minimum absolute atomic E-state index is 0.00736. The molecule has 11 nitrogen and oxygen atoms in total. The van der Waals surface area contributed by atoms with Crippen molar-refractivity contribution in [3.63, 3.8) is 0 Å². The van der Waals surface area contributed by atoms with E-state index in [1.165, 1.54) is 20.8 Å². The van der Waals surface area contributed by atoms with E-state index in [0.29, 0.717) is 5.57 Å². The first-order valence-corrected chi connectivity index (χ1v) is 14.2. The SMILES string of the molecule is CC(=O)O[C@H]1C[C@@]23C(=C1C)[C@@](O)(C(=O)OC2(C)C)[C@@]1(C)C([C@@H]3OC(=O)c2ccccc2)[C@]2(OC(C)=O)CO[C@@H]2C[C@@H]1O. The molecule has 3 aliphatic carbocycles. The zero-order chi connectivity index (χ0) is 30.6. The number of aliphatic hydroxyl groups excluding tert-OH is 1. The van der Waals surface area contributed by atoms with Crippen molar-refractivity contribution in [2.24, 2.45) is 16.7 Å². The summed E-state index contributed by atoms with van der Waals surface area (Å²) in [5.74, 6) is -4.02. The summed E-state index contributed by atoms with van der Waals surface area (Å²) in [4.78, 5) is 52.8. The van der Waals surface area contributed by atoms with Gasteiger partial charge in [0.1, 0.15) is 23.9 Å². The maximum Gasteiger partial charge on any atom is 0.343 e. The summed E-state index contributed by atoms with van der Waals surface area (Å²) in [5.41, 5.74) is -7.68. The van der Waals surface area contributed by atoms with E-state index >= 15 is 0 Å². The van der Waals surface area contributed by atoms with Gasteiger partial charge in [-0.1, -0.05) is 25.1 Å². The zero-order valence-electron chi connectivity index (χ0n) is 24.5. The maximum atomic E-state index is 14.1. The molecule has 2 heterocycles. The van der Waals surface area contributed by atoms with Crippen molar-refractivity contribution in [2.45, 2.75) is 95.6 Å². The van der Waals surface area contributed by atoms with E-state index in [2.05, 4.69) is 0 Å². The minimum Gasteiger partial charge on any atom is -0.458 e. The molecule has 1 unspecified atom stereocenters. The number of fused-ring (bicyclic) bond motifs is 4. The summed E-state index contributed by atoms with van der Waals surface area (Å²) >= 11 is 0. The molecule has 2 N–H and O–H groups in total. The first kappa shape index (κ1) is 28.8. The Bertz CT molecular complexity index is 1420. The highest BCUT2D eigenvalue weighted by Gasteiger charge is 2.88. The lowest BCUT2D eigenvalue weighted by Crippen LogP contribution is -2.87. The fraction of sp³-hybridized carbons (Fsp3) is 0.613. The Hall–Kier alpha value is -3.28. The molecule has 226 valence electrons. The lowest BCUT2D eigenvalue weighted by Gasteiger charge is -2.73. The van der Waals surface area contributed by atoms with Crippen LogP contribution in [0.15, 0.2) is 41.5 Å². The highest BCUT2D eigenvalue weighted by atomic mass is 16.6. The number of hydrogen-bond donors (Lipinski definition) is 2. The molecule has 1 aromatic rings. The van der Waals surface area contributed by atoms with Crippen molar-refractivity contribution in [2.75, 3.05) is 6.61 Å². The Kier molecular flexibility index (Phi) is 6.09. The third kappa shape index (κ3) is 3.27. The standard InChI is InChI=1S/C31H36O11/c1-15-19(39-16(2)32)13-29-22(15)31(37,26(36)42-27(29,4)5)28(6)20(34)12-21-30(14-38-21,41-17(3)33)23(28)24(29)40-25(35)18-10-8-7-9-11-18/h7-11,19-21,23-24,34,37H,12-14H2,1-6H3/t19-,20-,21+,23?,24-,28+,29-,30-,31+/m0/s1. The van der Waals surface area contributed by atoms with Crippen LogP contribution in [-0.2, 0) is 38.1 Å². The van der Waals surface area contributed by atoms with Crippen molar-refractivity contribution in [1.82, 2.24) is 0 Å². The molecule has 5 aliphatic rings. The van der Waals surface area contributed by atoms with Crippen LogP contribution < -0.4 is 0 Å². The number of carbonyl (C=O) groups is 4. The molecule has 1 aromatic carbocycles. The molecule has 6 rings (SSSR count). The molecule has 2 aliphatic heterocycles. The van der Waals surface area contributed by atoms with Crippen LogP contribution in [0.4, 0.5) is 0 Å². The molecular formula is C31H36O11. The van der Waals surface area contributed by atoms with Crippen molar-refractivity contribution in [1.29, 1.82) is 0 Å². The van der Waals surface area contributed by atoms with Gasteiger partial charge in [-0.05, 0) is 44.1 Å². The lowest BCUT2D eigenvalue weighted by atomic mass is 9.37. The normalized spacial score (nSPS) is 42.7. The van der Waals surface area contributed by atoms with Crippen molar-refractivity contribution in [3.05, 3.63) is 47.0 Å². The van der Waals surface area contributed by atoms with Gasteiger partial charge in [0.15, 0.2) is 11.2 Å². The number of cyclic esters (lactones) is 1. The Balaban J connectivity index is 1.68. The topological polar surface area (TPSA) is 155 Å². The van der Waals surface area contributed by atoms with Gasteiger partial charge in [-0.2, -0.15) is 0 Å². The number of esters is 4. The van der Waals surface area contributed by atoms with E-state index in [4.69, 9.17) is 23.7 Å². The molecule has 0 amide bonds. The Morgan fingerprint density at radius 1 is 1.02 bits per heavy atom. The van der Waals surface area contributed by atoms with Gasteiger partial charge in [0.25, 0.3) is 0 Å². The molecule has 0 radical (unpaired) electrons. The van der Waals surface area contributed by atoms with E-state index in [-0.39, 0.29) is 30.6 Å². The summed E-state index contributed by atoms with van der Waals surface area (Å²) in [6.45, 7) is 8.92. The van der Waals surface area contributed by atoms with Gasteiger partial charge >= 0.3 is 23.9 Å². The first-order chi connectivity index (χ1) is 19.6. The van der Waals surface area contributed by atoms with Crippen LogP contribution in [0.2, 0.25) is 0 Å². The third-order valence-electron chi connectivity index (χ3n) is 10.7. The van der Waals surface area contributed by atoms with Crippen LogP contribution in [0, 0.1) is 16.7 Å². The summed E-state index contributed by atoms with van der Waals surface area (Å²) in [7, 11) is 0. The smallest absolute Gasteiger partial charge is 0.343 e. The van der Waals surface area contributed by atoms with Crippen molar-refractivity contribution >= 4 is 23.9 Å². The van der Waals surface area contributed by atoms with E-state index in [0.717, 1.165) is 0 Å². The molecule has 0 spiro atoms. The molecule has 4 fully saturated rings. The highest BCUT2D eigenvalue weighted by molar-refractivity contribution is 5.91. The monoisotopic (exact) mass is 584 g/mol. The van der Waals surface area contributed by atoms with E-state index < -0.39 is 81.8 Å². The van der Waals surface area contributed by atoms with Crippen LogP contribution in [0.25, 0.3) is 0 Å². The van der Waals surface area contributed by atoms with Gasteiger partial charge in [-0.15, -0.1) is 0 Å². The van der Waals surface area contributed by atoms with Crippen LogP contribution in [0.1, 0.15) is 64.7 Å². The number of hydrogen-bond acceptors (Lipinski definition) is 11. The number of rotatable bonds is 4. The van der Waals surface area contributed by atoms with Crippen LogP contribution in [0.3, 0.4) is 0 Å². The Morgan fingerprint density at radius 2 is 1.69 bits per heavy atom. The number of benzene rings is 1. The predicted octanol–water partition coefficient (Wildman–Crippen LogP) is 2.02. The van der Waals surface area contributed by atoms with Gasteiger partial charge in [-0.3, -0.25) is 9.59 Å². The van der Waals surface area contributed by atoms with Crippen LogP contribution in [-0.4, -0.2) is 81.9 Å². The largest absolute Gasteiger partial charge is 0.458 e. The van der Waals surface area contributed by atoms with E-state index in [1.54, 1.807) is 51.1 Å². The second-order valence-corrected chi connectivity index (χ2v) is 13.0. The molecule has 2 saturated carbocycles. The van der Waals surface area contributed by atoms with E-state index in [1.807, 2.05) is 0 Å². The van der Waals surface area contributed by atoms with Gasteiger partial charge in [0.2, 0.25) is 0 Å². The van der Waals surface area contributed by atoms with Gasteiger partial charge < -0.3 is 33.9 Å². The predicted molar refractivity (Wildman–Crippen MR) is 143 cm³/mol. The fourth-order valence-electron chi connectivity index (χ4n) is 8.89. The zero-order valence-corrected chi connectivity index (χ0v) is 24.5. The van der Waals surface area contributed by atoms with Gasteiger partial charge in [0.05, 0.1) is 29.6 Å². The summed E-state index contributed by atoms with van der Waals surface area (Å²) in [6, 6.07) is 8.32. The molecule has 2 bridgehead atoms. The second-order valence-electron chi connectivity index (χ2n) is 13.0. The van der Waals surface area contributed by atoms with Crippen LogP contribution >= 0.6 is 0 Å². The summed E-state index contributed by atoms with van der Waals surface area (Å²) in [6.07, 6.45) is -4.35. The number of ether oxygens (including phenoxy) is 5. The highest BCUT2D eigenvalue weighted by Crippen LogP contribution is 2.75. The van der Waals surface area contributed by atoms with Crippen molar-refractivity contribution in [3.8, 4) is 0 Å². The molecule has 2 saturated heterocycles. The molecular weight excluding hydrogens is 548 g/mol. The molecule has 9 atom stereocenters. The minimum atomic E-state index is -2.45. The lowest BCUT2D eigenvalue weighted by molar-refractivity contribution is -0.380. The van der Waals surface area contributed by atoms with Gasteiger partial charge in [-0.25, -0.2) is 9.59 Å². The summed E-state index contributed by atoms with van der Waals surface area (Å²) < 4.78 is 30.0. The Morgan fingerprint density at radius 3 is 2.26 bits per heavy atom. The average Bonchev–Trinajstić information content (AvgIpc) is 3.20. The summed E-state index contributed by atoms with van der Waals surface area (Å²) in [5, 5.41) is 24.6. The molecule has 0 aromatic heterocycles. The van der Waals surface area contributed by atoms with Gasteiger partial charge in [0, 0.05) is 32.1 Å². The molecule has 11 heteroatoms. The third-order valence-corrected chi connectivity index (χ3v) is 10.7. The number of carbonyl (C=O) groups excluding carboxylic acids is 4. The quantitative estimate of drug-likeness (QED) is 0.303. The van der Waals surface area contributed by atoms with Crippen LogP contribution in [0.5, 0.6) is 0 Å². The number of aliphatic hydroxyl groups is 2. The second kappa shape index (κ2) is 8.87. The Labute approximate surface area is 243 Å². The molecule has 42 heavy (non-hydrogen) atoms. The fourth-order valence-corrected chi connectivity index (χ4v) is 8.89. The first-order valence-electron chi connectivity index (χ1n) is 14.2. The maximum absolute atomic E-state index is 14.1. The average molecular weight is 585 g/mol. The van der Waals surface area contributed by atoms with E-state index in [9.17, 15) is 29.4 Å².